The van der Waals surface area contributed by atoms with Crippen LogP contribution < -0.4 is 20.7 Å². The van der Waals surface area contributed by atoms with Gasteiger partial charge in [-0.25, -0.2) is 4.98 Å². The highest BCUT2D eigenvalue weighted by atomic mass is 32.1. The highest BCUT2D eigenvalue weighted by Gasteiger charge is 2.10. The first kappa shape index (κ1) is 21.0. The van der Waals surface area contributed by atoms with Crippen LogP contribution in [-0.4, -0.2) is 29.8 Å². The molecule has 8 nitrogen and oxygen atoms in total. The predicted molar refractivity (Wildman–Crippen MR) is 116 cm³/mol. The van der Waals surface area contributed by atoms with Gasteiger partial charge in [0.05, 0.1) is 7.11 Å². The maximum atomic E-state index is 12.3. The zero-order valence-electron chi connectivity index (χ0n) is 16.2. The second-order valence-electron chi connectivity index (χ2n) is 6.19. The average Bonchev–Trinajstić information content (AvgIpc) is 3.26. The van der Waals surface area contributed by atoms with Crippen molar-refractivity contribution in [3.05, 3.63) is 65.7 Å². The van der Waals surface area contributed by atoms with Crippen LogP contribution in [0.3, 0.4) is 0 Å². The Bertz CT molecular complexity index is 1000. The molecular weight excluding hydrogens is 404 g/mol. The zero-order valence-corrected chi connectivity index (χ0v) is 17.0. The minimum Gasteiger partial charge on any atom is -0.497 e. The van der Waals surface area contributed by atoms with E-state index in [1.54, 1.807) is 67.2 Å². The van der Waals surface area contributed by atoms with E-state index in [-0.39, 0.29) is 30.6 Å². The fourth-order valence-electron chi connectivity index (χ4n) is 2.50. The summed E-state index contributed by atoms with van der Waals surface area (Å²) in [4.78, 5) is 40.1. The average molecular weight is 424 g/mol. The molecule has 0 unspecified atom stereocenters. The van der Waals surface area contributed by atoms with Gasteiger partial charge in [0.25, 0.3) is 5.91 Å². The van der Waals surface area contributed by atoms with Crippen LogP contribution >= 0.6 is 11.3 Å². The highest BCUT2D eigenvalue weighted by molar-refractivity contribution is 7.13. The Hall–Kier alpha value is -3.72. The Morgan fingerprint density at radius 3 is 2.07 bits per heavy atom. The lowest BCUT2D eigenvalue weighted by Gasteiger charge is -2.08. The molecule has 0 aliphatic heterocycles. The Morgan fingerprint density at radius 1 is 0.867 bits per heavy atom. The minimum atomic E-state index is -0.292. The Morgan fingerprint density at radius 2 is 1.47 bits per heavy atom. The minimum absolute atomic E-state index is 0.0386. The zero-order chi connectivity index (χ0) is 21.3. The summed E-state index contributed by atoms with van der Waals surface area (Å²) in [6, 6.07) is 13.5. The molecule has 0 bridgehead atoms. The van der Waals surface area contributed by atoms with E-state index in [0.29, 0.717) is 27.8 Å². The van der Waals surface area contributed by atoms with E-state index < -0.39 is 0 Å². The lowest BCUT2D eigenvalue weighted by atomic mass is 10.2. The van der Waals surface area contributed by atoms with Gasteiger partial charge in [0.15, 0.2) is 5.13 Å². The van der Waals surface area contributed by atoms with Gasteiger partial charge >= 0.3 is 0 Å². The molecule has 0 saturated heterocycles. The molecule has 9 heteroatoms. The van der Waals surface area contributed by atoms with E-state index in [9.17, 15) is 14.4 Å². The maximum Gasteiger partial charge on any atom is 0.255 e. The largest absolute Gasteiger partial charge is 0.497 e. The topological polar surface area (TPSA) is 109 Å². The predicted octanol–water partition coefficient (Wildman–Crippen LogP) is 3.76. The summed E-state index contributed by atoms with van der Waals surface area (Å²) in [6.07, 6.45) is 1.68. The van der Waals surface area contributed by atoms with Gasteiger partial charge in [-0.05, 0) is 48.5 Å². The monoisotopic (exact) mass is 424 g/mol. The van der Waals surface area contributed by atoms with Crippen molar-refractivity contribution >= 4 is 45.6 Å². The van der Waals surface area contributed by atoms with Crippen molar-refractivity contribution in [2.24, 2.45) is 0 Å². The molecule has 2 aromatic carbocycles. The first-order valence-corrected chi connectivity index (χ1v) is 9.96. The Kier molecular flexibility index (Phi) is 7.12. The number of methoxy groups -OCH3 is 1. The Labute approximate surface area is 177 Å². The first-order valence-electron chi connectivity index (χ1n) is 9.08. The summed E-state index contributed by atoms with van der Waals surface area (Å²) in [5.41, 5.74) is 1.64. The van der Waals surface area contributed by atoms with Gasteiger partial charge in [0, 0.05) is 41.4 Å². The number of amides is 3. The van der Waals surface area contributed by atoms with Crippen molar-refractivity contribution < 1.29 is 19.1 Å². The van der Waals surface area contributed by atoms with E-state index in [2.05, 4.69) is 20.9 Å². The third-order valence-electron chi connectivity index (χ3n) is 4.04. The first-order chi connectivity index (χ1) is 14.5. The van der Waals surface area contributed by atoms with Crippen LogP contribution in [0.15, 0.2) is 60.1 Å². The quantitative estimate of drug-likeness (QED) is 0.510. The van der Waals surface area contributed by atoms with Crippen molar-refractivity contribution in [1.82, 2.24) is 4.98 Å². The number of thiazole rings is 1. The molecule has 3 rings (SSSR count). The molecule has 154 valence electrons. The standard InChI is InChI=1S/C21H20N4O4S/c1-29-17-8-6-16(7-9-17)24-20(28)14-2-4-15(5-3-14)23-18(26)10-11-19(27)25-21-22-12-13-30-21/h2-9,12-13H,10-11H2,1H3,(H,23,26)(H,24,28)(H,22,25,27). The molecule has 1 heterocycles. The van der Waals surface area contributed by atoms with E-state index >= 15 is 0 Å². The number of rotatable bonds is 8. The molecule has 0 aliphatic carbocycles. The molecule has 3 amide bonds. The molecule has 0 radical (unpaired) electrons. The number of carbonyl (C=O) groups excluding carboxylic acids is 3. The summed E-state index contributed by atoms with van der Waals surface area (Å²) in [5.74, 6) is -0.129. The third kappa shape index (κ3) is 6.14. The van der Waals surface area contributed by atoms with Crippen molar-refractivity contribution in [1.29, 1.82) is 0 Å². The van der Waals surface area contributed by atoms with Crippen molar-refractivity contribution in [2.75, 3.05) is 23.1 Å². The van der Waals surface area contributed by atoms with Crippen LogP contribution in [0.4, 0.5) is 16.5 Å². The molecule has 0 spiro atoms. The van der Waals surface area contributed by atoms with Crippen LogP contribution in [0.1, 0.15) is 23.2 Å². The van der Waals surface area contributed by atoms with Gasteiger partial charge in [0.1, 0.15) is 5.75 Å². The van der Waals surface area contributed by atoms with Gasteiger partial charge in [-0.15, -0.1) is 11.3 Å². The van der Waals surface area contributed by atoms with Gasteiger partial charge < -0.3 is 20.7 Å². The normalized spacial score (nSPS) is 10.2. The summed E-state index contributed by atoms with van der Waals surface area (Å²) in [6.45, 7) is 0. The summed E-state index contributed by atoms with van der Waals surface area (Å²) in [5, 5.41) is 10.4. The number of anilines is 3. The molecule has 3 aromatic rings. The van der Waals surface area contributed by atoms with Crippen LogP contribution in [0.5, 0.6) is 5.75 Å². The maximum absolute atomic E-state index is 12.3. The lowest BCUT2D eigenvalue weighted by Crippen LogP contribution is -2.17. The summed E-state index contributed by atoms with van der Waals surface area (Å²) in [7, 11) is 1.57. The van der Waals surface area contributed by atoms with Gasteiger partial charge in [-0.1, -0.05) is 0 Å². The lowest BCUT2D eigenvalue weighted by molar-refractivity contribution is -0.121. The third-order valence-corrected chi connectivity index (χ3v) is 4.73. The van der Waals surface area contributed by atoms with Crippen molar-refractivity contribution in [3.63, 3.8) is 0 Å². The fraction of sp³-hybridized carbons (Fsp3) is 0.143. The molecule has 0 saturated carbocycles. The number of hydrogen-bond donors (Lipinski definition) is 3. The van der Waals surface area contributed by atoms with Crippen molar-refractivity contribution in [2.45, 2.75) is 12.8 Å². The second-order valence-corrected chi connectivity index (χ2v) is 7.09. The van der Waals surface area contributed by atoms with E-state index in [1.807, 2.05) is 0 Å². The number of nitrogens with zero attached hydrogens (tertiary/aromatic N) is 1. The summed E-state index contributed by atoms with van der Waals surface area (Å²) < 4.78 is 5.09. The number of nitrogens with one attached hydrogen (secondary N) is 3. The number of aromatic nitrogens is 1. The van der Waals surface area contributed by atoms with E-state index in [4.69, 9.17) is 4.74 Å². The molecule has 0 atom stereocenters. The molecule has 3 N–H and O–H groups in total. The molecule has 0 fully saturated rings. The second kappa shape index (κ2) is 10.2. The van der Waals surface area contributed by atoms with Crippen molar-refractivity contribution in [3.8, 4) is 5.75 Å². The van der Waals surface area contributed by atoms with Gasteiger partial charge in [-0.2, -0.15) is 0 Å². The van der Waals surface area contributed by atoms with Crippen LogP contribution in [-0.2, 0) is 9.59 Å². The molecule has 1 aromatic heterocycles. The number of carbonyl (C=O) groups is 3. The highest BCUT2D eigenvalue weighted by Crippen LogP contribution is 2.17. The van der Waals surface area contributed by atoms with E-state index in [1.165, 1.54) is 11.3 Å². The van der Waals surface area contributed by atoms with Gasteiger partial charge in [0.2, 0.25) is 11.8 Å². The van der Waals surface area contributed by atoms with Gasteiger partial charge in [-0.3, -0.25) is 14.4 Å². The number of hydrogen-bond acceptors (Lipinski definition) is 6. The smallest absolute Gasteiger partial charge is 0.255 e. The summed E-state index contributed by atoms with van der Waals surface area (Å²) >= 11 is 1.31. The SMILES string of the molecule is COc1ccc(NC(=O)c2ccc(NC(=O)CCC(=O)Nc3nccs3)cc2)cc1. The number of benzene rings is 2. The van der Waals surface area contributed by atoms with Crippen LogP contribution in [0, 0.1) is 0 Å². The Balaban J connectivity index is 1.46. The molecule has 0 aliphatic rings. The van der Waals surface area contributed by atoms with E-state index in [0.717, 1.165) is 0 Å². The fourth-order valence-corrected chi connectivity index (χ4v) is 3.05. The van der Waals surface area contributed by atoms with Crippen LogP contribution in [0.2, 0.25) is 0 Å². The van der Waals surface area contributed by atoms with Crippen LogP contribution in [0.25, 0.3) is 0 Å². The molecule has 30 heavy (non-hydrogen) atoms. The number of ether oxygens (including phenoxy) is 1. The molecular formula is C21H20N4O4S.